The molecule has 0 bridgehead atoms. The van der Waals surface area contributed by atoms with E-state index in [1.807, 2.05) is 32.9 Å². The first-order chi connectivity index (χ1) is 16.6. The molecule has 8 heteroatoms. The molecule has 2 aromatic carbocycles. The number of carbonyl (C=O) groups excluding carboxylic acids is 2. The SMILES string of the molecule is Cc1ccc(C(=O)CSC2=C(C#N)C(c3cccc([N+](=O)[O-])c3)C3=C(CC(C)(C)CC3=O)N2)cc1. The molecule has 0 saturated carbocycles. The van der Waals surface area contributed by atoms with Gasteiger partial charge >= 0.3 is 0 Å². The normalized spacial score (nSPS) is 19.0. The number of nitro benzene ring substituents is 1. The van der Waals surface area contributed by atoms with Gasteiger partial charge in [-0.05, 0) is 24.3 Å². The molecule has 1 heterocycles. The number of carbonyl (C=O) groups is 2. The Balaban J connectivity index is 1.75. The zero-order valence-electron chi connectivity index (χ0n) is 19.8. The lowest BCUT2D eigenvalue weighted by molar-refractivity contribution is -0.384. The van der Waals surface area contributed by atoms with Gasteiger partial charge in [-0.2, -0.15) is 5.26 Å². The Morgan fingerprint density at radius 3 is 2.60 bits per heavy atom. The molecule has 1 N–H and O–H groups in total. The van der Waals surface area contributed by atoms with Gasteiger partial charge in [0.05, 0.1) is 33.3 Å². The first-order valence-corrected chi connectivity index (χ1v) is 12.2. The second-order valence-corrected chi connectivity index (χ2v) is 10.7. The van der Waals surface area contributed by atoms with E-state index in [-0.39, 0.29) is 28.4 Å². The number of aryl methyl sites for hydroxylation is 1. The first kappa shape index (κ1) is 24.4. The van der Waals surface area contributed by atoms with Crippen LogP contribution in [0.4, 0.5) is 5.69 Å². The topological polar surface area (TPSA) is 113 Å². The summed E-state index contributed by atoms with van der Waals surface area (Å²) in [7, 11) is 0. The third-order valence-electron chi connectivity index (χ3n) is 6.26. The van der Waals surface area contributed by atoms with Gasteiger partial charge in [0.2, 0.25) is 0 Å². The van der Waals surface area contributed by atoms with Gasteiger partial charge in [-0.25, -0.2) is 0 Å². The van der Waals surface area contributed by atoms with E-state index in [1.54, 1.807) is 24.3 Å². The standard InChI is InChI=1S/C27H25N3O4S/c1-16-7-9-17(10-8-16)23(32)15-35-26-20(14-28)24(18-5-4-6-19(11-18)30(33)34)25-21(29-26)12-27(2,3)13-22(25)31/h4-11,24,29H,12-13,15H2,1-3H3. The summed E-state index contributed by atoms with van der Waals surface area (Å²) in [4.78, 5) is 37.0. The largest absolute Gasteiger partial charge is 0.352 e. The van der Waals surface area contributed by atoms with Crippen molar-refractivity contribution in [3.8, 4) is 6.07 Å². The van der Waals surface area contributed by atoms with Gasteiger partial charge in [-0.15, -0.1) is 0 Å². The number of benzene rings is 2. The first-order valence-electron chi connectivity index (χ1n) is 11.2. The van der Waals surface area contributed by atoms with Crippen LogP contribution in [-0.2, 0) is 4.79 Å². The fourth-order valence-corrected chi connectivity index (χ4v) is 5.56. The van der Waals surface area contributed by atoms with Crippen molar-refractivity contribution in [1.82, 2.24) is 5.32 Å². The van der Waals surface area contributed by atoms with Gasteiger partial charge in [-0.1, -0.05) is 67.6 Å². The van der Waals surface area contributed by atoms with E-state index in [2.05, 4.69) is 11.4 Å². The van der Waals surface area contributed by atoms with Crippen molar-refractivity contribution in [1.29, 1.82) is 5.26 Å². The number of hydrogen-bond acceptors (Lipinski definition) is 7. The number of Topliss-reactive ketones (excluding diaryl/α,β-unsaturated/α-hetero) is 2. The number of nitrogens with zero attached hydrogens (tertiary/aromatic N) is 2. The van der Waals surface area contributed by atoms with Crippen molar-refractivity contribution in [2.45, 2.75) is 39.5 Å². The number of nitro groups is 1. The smallest absolute Gasteiger partial charge is 0.269 e. The van der Waals surface area contributed by atoms with E-state index in [0.29, 0.717) is 45.8 Å². The summed E-state index contributed by atoms with van der Waals surface area (Å²) < 4.78 is 0. The molecule has 0 radical (unpaired) electrons. The molecule has 2 aromatic rings. The maximum Gasteiger partial charge on any atom is 0.269 e. The zero-order chi connectivity index (χ0) is 25.3. The van der Waals surface area contributed by atoms with Crippen molar-refractivity contribution >= 4 is 29.0 Å². The summed E-state index contributed by atoms with van der Waals surface area (Å²) in [5.41, 5.74) is 3.27. The summed E-state index contributed by atoms with van der Waals surface area (Å²) >= 11 is 1.22. The van der Waals surface area contributed by atoms with Crippen LogP contribution in [0.5, 0.6) is 0 Å². The van der Waals surface area contributed by atoms with Crippen LogP contribution in [0, 0.1) is 33.8 Å². The fourth-order valence-electron chi connectivity index (χ4n) is 4.60. The maximum absolute atomic E-state index is 13.3. The van der Waals surface area contributed by atoms with Crippen molar-refractivity contribution < 1.29 is 14.5 Å². The summed E-state index contributed by atoms with van der Waals surface area (Å²) in [6.07, 6.45) is 0.917. The van der Waals surface area contributed by atoms with Crippen LogP contribution in [0.25, 0.3) is 0 Å². The Morgan fingerprint density at radius 2 is 1.94 bits per heavy atom. The van der Waals surface area contributed by atoms with Crippen molar-refractivity contribution in [2.24, 2.45) is 5.41 Å². The average Bonchev–Trinajstić information content (AvgIpc) is 2.81. The molecule has 0 saturated heterocycles. The Hall–Kier alpha value is -3.70. The molecule has 0 fully saturated rings. The summed E-state index contributed by atoms with van der Waals surface area (Å²) in [6, 6.07) is 15.6. The van der Waals surface area contributed by atoms with Crippen molar-refractivity contribution in [3.05, 3.63) is 97.2 Å². The molecule has 1 atom stereocenters. The average molecular weight is 488 g/mol. The van der Waals surface area contributed by atoms with Crippen LogP contribution in [0.1, 0.15) is 54.1 Å². The van der Waals surface area contributed by atoms with Crippen LogP contribution in [0.15, 0.2) is 70.4 Å². The molecule has 7 nitrogen and oxygen atoms in total. The highest BCUT2D eigenvalue weighted by Gasteiger charge is 2.42. The lowest BCUT2D eigenvalue weighted by Crippen LogP contribution is -2.37. The van der Waals surface area contributed by atoms with E-state index in [0.717, 1.165) is 5.56 Å². The van der Waals surface area contributed by atoms with Crippen LogP contribution in [0.2, 0.25) is 0 Å². The number of rotatable bonds is 6. The molecular formula is C27H25N3O4S. The minimum atomic E-state index is -0.725. The van der Waals surface area contributed by atoms with Crippen LogP contribution >= 0.6 is 11.8 Å². The monoisotopic (exact) mass is 487 g/mol. The number of dihydropyridines is 1. The molecule has 0 aromatic heterocycles. The molecule has 1 aliphatic heterocycles. The van der Waals surface area contributed by atoms with Gasteiger partial charge < -0.3 is 5.32 Å². The van der Waals surface area contributed by atoms with Gasteiger partial charge in [0, 0.05) is 35.4 Å². The van der Waals surface area contributed by atoms with Gasteiger partial charge in [0.15, 0.2) is 11.6 Å². The number of nitriles is 1. The molecule has 0 spiro atoms. The molecule has 4 rings (SSSR count). The molecule has 0 amide bonds. The highest BCUT2D eigenvalue weighted by molar-refractivity contribution is 8.03. The Bertz CT molecular complexity index is 1330. The molecule has 1 unspecified atom stereocenters. The van der Waals surface area contributed by atoms with E-state index in [4.69, 9.17) is 0 Å². The second kappa shape index (κ2) is 9.51. The van der Waals surface area contributed by atoms with E-state index >= 15 is 0 Å². The van der Waals surface area contributed by atoms with Crippen molar-refractivity contribution in [3.63, 3.8) is 0 Å². The van der Waals surface area contributed by atoms with Gasteiger partial charge in [0.25, 0.3) is 5.69 Å². The maximum atomic E-state index is 13.3. The van der Waals surface area contributed by atoms with Crippen LogP contribution in [-0.4, -0.2) is 22.2 Å². The lowest BCUT2D eigenvalue weighted by Gasteiger charge is -2.39. The molecule has 35 heavy (non-hydrogen) atoms. The number of hydrogen-bond donors (Lipinski definition) is 1. The Morgan fingerprint density at radius 1 is 1.23 bits per heavy atom. The predicted octanol–water partition coefficient (Wildman–Crippen LogP) is 5.58. The highest BCUT2D eigenvalue weighted by atomic mass is 32.2. The quantitative estimate of drug-likeness (QED) is 0.321. The minimum absolute atomic E-state index is 0.0756. The molecule has 178 valence electrons. The van der Waals surface area contributed by atoms with E-state index in [1.165, 1.54) is 23.9 Å². The highest BCUT2D eigenvalue weighted by Crippen LogP contribution is 2.48. The Kier molecular flexibility index (Phi) is 6.64. The number of allylic oxidation sites excluding steroid dienone is 3. The van der Waals surface area contributed by atoms with E-state index in [9.17, 15) is 25.0 Å². The molecule has 1 aliphatic carbocycles. The van der Waals surface area contributed by atoms with Crippen LogP contribution in [0.3, 0.4) is 0 Å². The third kappa shape index (κ3) is 5.05. The number of nitrogens with one attached hydrogen (secondary N) is 1. The lowest BCUT2D eigenvalue weighted by atomic mass is 9.69. The molecular weight excluding hydrogens is 462 g/mol. The molecule has 2 aliphatic rings. The summed E-state index contributed by atoms with van der Waals surface area (Å²) in [5, 5.41) is 25.4. The zero-order valence-corrected chi connectivity index (χ0v) is 20.6. The third-order valence-corrected chi connectivity index (χ3v) is 7.28. The second-order valence-electron chi connectivity index (χ2n) is 9.68. The minimum Gasteiger partial charge on any atom is -0.352 e. The summed E-state index contributed by atoms with van der Waals surface area (Å²) in [6.45, 7) is 5.97. The predicted molar refractivity (Wildman–Crippen MR) is 135 cm³/mol. The van der Waals surface area contributed by atoms with Gasteiger partial charge in [0.1, 0.15) is 0 Å². The van der Waals surface area contributed by atoms with Crippen LogP contribution < -0.4 is 5.32 Å². The Labute approximate surface area is 208 Å². The van der Waals surface area contributed by atoms with Crippen molar-refractivity contribution in [2.75, 3.05) is 5.75 Å². The number of ketones is 2. The summed E-state index contributed by atoms with van der Waals surface area (Å²) in [5.74, 6) is -0.768. The number of thioether (sulfide) groups is 1. The fraction of sp³-hybridized carbons (Fsp3) is 0.296. The van der Waals surface area contributed by atoms with Gasteiger partial charge in [-0.3, -0.25) is 19.7 Å². The number of non-ortho nitro benzene ring substituents is 1. The van der Waals surface area contributed by atoms with E-state index < -0.39 is 10.8 Å².